The van der Waals surface area contributed by atoms with Crippen LogP contribution in [-0.4, -0.2) is 16.0 Å². The van der Waals surface area contributed by atoms with Gasteiger partial charge in [0.05, 0.1) is 11.6 Å². The van der Waals surface area contributed by atoms with E-state index < -0.39 is 0 Å². The third kappa shape index (κ3) is 3.68. The molecule has 1 rings (SSSR count). The van der Waals surface area contributed by atoms with Gasteiger partial charge >= 0.3 is 0 Å². The second-order valence-corrected chi connectivity index (χ2v) is 2.79. The number of nitrogens with zero attached hydrogens (tertiary/aromatic N) is 2. The van der Waals surface area contributed by atoms with Crippen LogP contribution in [-0.2, 0) is 0 Å². The molecule has 0 saturated carbocycles. The zero-order valence-corrected chi connectivity index (χ0v) is 7.70. The molecular weight excluding hydrogens is 162 g/mol. The number of hydrogen-bond donors (Lipinski definition) is 1. The largest absolute Gasteiger partial charge is 0.318 e. The molecule has 2 N–H and O–H groups in total. The lowest BCUT2D eigenvalue weighted by molar-refractivity contribution is 0.720. The zero-order chi connectivity index (χ0) is 9.52. The second kappa shape index (κ2) is 5.28. The Balaban J connectivity index is 2.57. The van der Waals surface area contributed by atoms with Gasteiger partial charge in [-0.05, 0) is 6.42 Å². The molecule has 0 amide bonds. The van der Waals surface area contributed by atoms with Crippen molar-refractivity contribution in [3.8, 4) is 11.8 Å². The molecule has 1 atom stereocenters. The predicted octanol–water partition coefficient (Wildman–Crippen LogP) is 0.956. The van der Waals surface area contributed by atoms with E-state index in [-0.39, 0.29) is 6.04 Å². The van der Waals surface area contributed by atoms with Crippen molar-refractivity contribution in [2.75, 3.05) is 0 Å². The maximum absolute atomic E-state index is 5.72. The molecule has 13 heavy (non-hydrogen) atoms. The van der Waals surface area contributed by atoms with Crippen LogP contribution in [0.25, 0.3) is 0 Å². The molecule has 1 aromatic rings. The Bertz CT molecular complexity index is 297. The Morgan fingerprint density at radius 3 is 2.77 bits per heavy atom. The van der Waals surface area contributed by atoms with E-state index >= 15 is 0 Å². The summed E-state index contributed by atoms with van der Waals surface area (Å²) in [6.07, 6.45) is 6.83. The lowest BCUT2D eigenvalue weighted by Crippen LogP contribution is -2.16. The summed E-state index contributed by atoms with van der Waals surface area (Å²) in [7, 11) is 0. The average Bonchev–Trinajstić information content (AvgIpc) is 2.17. The summed E-state index contributed by atoms with van der Waals surface area (Å²) in [6.45, 7) is 2.09. The van der Waals surface area contributed by atoms with E-state index in [1.165, 1.54) is 6.33 Å². The van der Waals surface area contributed by atoms with Crippen LogP contribution in [0.15, 0.2) is 18.7 Å². The molecule has 0 spiro atoms. The third-order valence-corrected chi connectivity index (χ3v) is 1.56. The highest BCUT2D eigenvalue weighted by Crippen LogP contribution is 1.93. The van der Waals surface area contributed by atoms with Gasteiger partial charge in [0.15, 0.2) is 0 Å². The molecule has 3 nitrogen and oxygen atoms in total. The van der Waals surface area contributed by atoms with Gasteiger partial charge in [-0.1, -0.05) is 25.2 Å². The van der Waals surface area contributed by atoms with E-state index in [9.17, 15) is 0 Å². The highest BCUT2D eigenvalue weighted by atomic mass is 14.8. The minimum absolute atomic E-state index is 0.0368. The Kier molecular flexibility index (Phi) is 3.94. The summed E-state index contributed by atoms with van der Waals surface area (Å²) in [5, 5.41) is 0. The zero-order valence-electron chi connectivity index (χ0n) is 7.70. The number of aromatic nitrogens is 2. The van der Waals surface area contributed by atoms with Crippen molar-refractivity contribution in [2.24, 2.45) is 5.73 Å². The van der Waals surface area contributed by atoms with Crippen LogP contribution >= 0.6 is 0 Å². The SMILES string of the molecule is CCCC(N)C#Cc1cncnc1. The quantitative estimate of drug-likeness (QED) is 0.681. The van der Waals surface area contributed by atoms with Crippen LogP contribution in [0.2, 0.25) is 0 Å². The van der Waals surface area contributed by atoms with Gasteiger partial charge in [-0.15, -0.1) is 0 Å². The predicted molar refractivity (Wildman–Crippen MR) is 51.8 cm³/mol. The van der Waals surface area contributed by atoms with E-state index in [4.69, 9.17) is 5.73 Å². The molecule has 0 fully saturated rings. The van der Waals surface area contributed by atoms with Crippen LogP contribution in [0.5, 0.6) is 0 Å². The molecule has 0 aliphatic carbocycles. The van der Waals surface area contributed by atoms with E-state index in [0.29, 0.717) is 0 Å². The molecule has 0 radical (unpaired) electrons. The Labute approximate surface area is 78.4 Å². The lowest BCUT2D eigenvalue weighted by Gasteiger charge is -1.98. The molecule has 0 saturated heterocycles. The fraction of sp³-hybridized carbons (Fsp3) is 0.400. The van der Waals surface area contributed by atoms with Crippen molar-refractivity contribution in [1.82, 2.24) is 9.97 Å². The summed E-state index contributed by atoms with van der Waals surface area (Å²) in [6, 6.07) is -0.0368. The Morgan fingerprint density at radius 2 is 2.15 bits per heavy atom. The fourth-order valence-corrected chi connectivity index (χ4v) is 0.923. The highest BCUT2D eigenvalue weighted by molar-refractivity contribution is 5.30. The van der Waals surface area contributed by atoms with Crippen LogP contribution < -0.4 is 5.73 Å². The topological polar surface area (TPSA) is 51.8 Å². The summed E-state index contributed by atoms with van der Waals surface area (Å²) in [5.41, 5.74) is 6.53. The molecule has 0 aliphatic heterocycles. The summed E-state index contributed by atoms with van der Waals surface area (Å²) in [4.78, 5) is 7.71. The van der Waals surface area contributed by atoms with Crippen LogP contribution in [0.1, 0.15) is 25.3 Å². The van der Waals surface area contributed by atoms with Crippen molar-refractivity contribution in [3.05, 3.63) is 24.3 Å². The van der Waals surface area contributed by atoms with Crippen LogP contribution in [0.4, 0.5) is 0 Å². The molecule has 1 unspecified atom stereocenters. The van der Waals surface area contributed by atoms with Gasteiger partial charge in [0.25, 0.3) is 0 Å². The van der Waals surface area contributed by atoms with Crippen molar-refractivity contribution in [2.45, 2.75) is 25.8 Å². The molecule has 1 aromatic heterocycles. The van der Waals surface area contributed by atoms with E-state index in [1.54, 1.807) is 12.4 Å². The number of hydrogen-bond acceptors (Lipinski definition) is 3. The van der Waals surface area contributed by atoms with Crippen LogP contribution in [0, 0.1) is 11.8 Å². The molecule has 3 heteroatoms. The van der Waals surface area contributed by atoms with Crippen molar-refractivity contribution >= 4 is 0 Å². The van der Waals surface area contributed by atoms with Gasteiger partial charge in [-0.25, -0.2) is 9.97 Å². The maximum atomic E-state index is 5.72. The van der Waals surface area contributed by atoms with Gasteiger partial charge in [0.2, 0.25) is 0 Å². The maximum Gasteiger partial charge on any atom is 0.115 e. The van der Waals surface area contributed by atoms with Crippen molar-refractivity contribution in [3.63, 3.8) is 0 Å². The molecule has 68 valence electrons. The first kappa shape index (κ1) is 9.69. The van der Waals surface area contributed by atoms with Gasteiger partial charge in [0.1, 0.15) is 6.33 Å². The first-order valence-corrected chi connectivity index (χ1v) is 4.35. The van der Waals surface area contributed by atoms with Gasteiger partial charge in [-0.3, -0.25) is 0 Å². The minimum Gasteiger partial charge on any atom is -0.318 e. The summed E-state index contributed by atoms with van der Waals surface area (Å²) >= 11 is 0. The van der Waals surface area contributed by atoms with Crippen molar-refractivity contribution < 1.29 is 0 Å². The normalized spacial score (nSPS) is 11.5. The van der Waals surface area contributed by atoms with Gasteiger partial charge in [-0.2, -0.15) is 0 Å². The molecule has 0 aliphatic rings. The fourth-order valence-electron chi connectivity index (χ4n) is 0.923. The van der Waals surface area contributed by atoms with Gasteiger partial charge < -0.3 is 5.73 Å². The highest BCUT2D eigenvalue weighted by Gasteiger charge is 1.93. The standard InChI is InChI=1S/C10H13N3/c1-2-3-10(11)5-4-9-6-12-8-13-7-9/h6-8,10H,2-3,11H2,1H3. The molecule has 0 aromatic carbocycles. The van der Waals surface area contributed by atoms with Gasteiger partial charge in [0, 0.05) is 12.4 Å². The second-order valence-electron chi connectivity index (χ2n) is 2.79. The summed E-state index contributed by atoms with van der Waals surface area (Å²) in [5.74, 6) is 5.88. The Morgan fingerprint density at radius 1 is 1.46 bits per heavy atom. The summed E-state index contributed by atoms with van der Waals surface area (Å²) < 4.78 is 0. The van der Waals surface area contributed by atoms with Crippen LogP contribution in [0.3, 0.4) is 0 Å². The van der Waals surface area contributed by atoms with E-state index in [1.807, 2.05) is 0 Å². The molecule has 1 heterocycles. The Hall–Kier alpha value is -1.40. The monoisotopic (exact) mass is 175 g/mol. The molecule has 0 bridgehead atoms. The minimum atomic E-state index is -0.0368. The first-order valence-electron chi connectivity index (χ1n) is 4.35. The average molecular weight is 175 g/mol. The van der Waals surface area contributed by atoms with Crippen molar-refractivity contribution in [1.29, 1.82) is 0 Å². The van der Waals surface area contributed by atoms with E-state index in [0.717, 1.165) is 18.4 Å². The number of rotatable bonds is 2. The lowest BCUT2D eigenvalue weighted by atomic mass is 10.2. The smallest absolute Gasteiger partial charge is 0.115 e. The first-order chi connectivity index (χ1) is 6.33. The third-order valence-electron chi connectivity index (χ3n) is 1.56. The molecular formula is C10H13N3. The number of nitrogens with two attached hydrogens (primary N) is 1. The van der Waals surface area contributed by atoms with E-state index in [2.05, 4.69) is 28.7 Å².